The van der Waals surface area contributed by atoms with E-state index >= 15 is 0 Å². The predicted molar refractivity (Wildman–Crippen MR) is 114 cm³/mol. The van der Waals surface area contributed by atoms with Crippen molar-refractivity contribution in [2.24, 2.45) is 5.73 Å². The van der Waals surface area contributed by atoms with Gasteiger partial charge < -0.3 is 20.1 Å². The van der Waals surface area contributed by atoms with Crippen molar-refractivity contribution in [3.63, 3.8) is 0 Å². The molecule has 0 unspecified atom stereocenters. The quantitative estimate of drug-likeness (QED) is 0.671. The molecule has 2 aromatic carbocycles. The van der Waals surface area contributed by atoms with Gasteiger partial charge in [0, 0.05) is 5.56 Å². The number of benzene rings is 2. The van der Waals surface area contributed by atoms with Gasteiger partial charge in [0.2, 0.25) is 5.91 Å². The highest BCUT2D eigenvalue weighted by molar-refractivity contribution is 6.64. The van der Waals surface area contributed by atoms with Gasteiger partial charge in [0.15, 0.2) is 0 Å². The van der Waals surface area contributed by atoms with Gasteiger partial charge in [0.1, 0.15) is 0 Å². The third kappa shape index (κ3) is 3.10. The Morgan fingerprint density at radius 2 is 1.72 bits per heavy atom. The molecule has 0 radical (unpaired) electrons. The molecule has 2 aromatic rings. The van der Waals surface area contributed by atoms with Crippen LogP contribution < -0.4 is 11.2 Å². The van der Waals surface area contributed by atoms with E-state index in [-0.39, 0.29) is 0 Å². The first kappa shape index (κ1) is 20.1. The summed E-state index contributed by atoms with van der Waals surface area (Å²) in [5.74, 6) is -0.447. The van der Waals surface area contributed by atoms with Crippen LogP contribution in [0.3, 0.4) is 0 Å². The Labute approximate surface area is 172 Å². The van der Waals surface area contributed by atoms with Gasteiger partial charge >= 0.3 is 7.12 Å². The van der Waals surface area contributed by atoms with Gasteiger partial charge in [-0.1, -0.05) is 24.3 Å². The largest absolute Gasteiger partial charge is 0.495 e. The van der Waals surface area contributed by atoms with Crippen LogP contribution in [-0.2, 0) is 21.3 Å². The normalized spacial score (nSPS) is 19.2. The van der Waals surface area contributed by atoms with Gasteiger partial charge in [-0.2, -0.15) is 0 Å². The van der Waals surface area contributed by atoms with Crippen molar-refractivity contribution in [2.45, 2.75) is 64.8 Å². The van der Waals surface area contributed by atoms with Crippen molar-refractivity contribution >= 4 is 18.5 Å². The molecular formula is C23H28BNO4. The smallest absolute Gasteiger partial charge is 0.399 e. The maximum absolute atomic E-state index is 12.1. The van der Waals surface area contributed by atoms with Gasteiger partial charge in [-0.25, -0.2) is 0 Å². The van der Waals surface area contributed by atoms with Crippen LogP contribution in [-0.4, -0.2) is 29.3 Å². The molecule has 0 atom stereocenters. The van der Waals surface area contributed by atoms with Crippen molar-refractivity contribution in [3.8, 4) is 11.1 Å². The molecule has 1 aliphatic carbocycles. The second-order valence-electron chi connectivity index (χ2n) is 9.62. The zero-order chi connectivity index (χ0) is 21.4. The van der Waals surface area contributed by atoms with E-state index in [4.69, 9.17) is 15.0 Å². The summed E-state index contributed by atoms with van der Waals surface area (Å²) in [7, 11) is -0.532. The molecule has 29 heavy (non-hydrogen) atoms. The van der Waals surface area contributed by atoms with Gasteiger partial charge in [-0.05, 0) is 87.3 Å². The Kier molecular flexibility index (Phi) is 4.29. The number of aliphatic hydroxyl groups is 1. The number of nitrogens with two attached hydrogens (primary N) is 1. The average molecular weight is 393 g/mol. The van der Waals surface area contributed by atoms with Gasteiger partial charge in [-0.3, -0.25) is 4.79 Å². The summed E-state index contributed by atoms with van der Waals surface area (Å²) in [5, 5.41) is 10.4. The first-order valence-corrected chi connectivity index (χ1v) is 9.99. The Morgan fingerprint density at radius 1 is 1.10 bits per heavy atom. The van der Waals surface area contributed by atoms with E-state index in [1.54, 1.807) is 19.9 Å². The third-order valence-electron chi connectivity index (χ3n) is 6.57. The number of hydrogen-bond acceptors (Lipinski definition) is 4. The van der Waals surface area contributed by atoms with Gasteiger partial charge in [0.05, 0.1) is 16.8 Å². The minimum Gasteiger partial charge on any atom is -0.399 e. The molecule has 4 rings (SSSR count). The summed E-state index contributed by atoms with van der Waals surface area (Å²) in [6.07, 6.45) is 0.584. The maximum Gasteiger partial charge on any atom is 0.495 e. The molecule has 1 heterocycles. The molecule has 1 saturated heterocycles. The molecule has 6 heteroatoms. The second-order valence-corrected chi connectivity index (χ2v) is 9.62. The van der Waals surface area contributed by atoms with Crippen molar-refractivity contribution in [1.29, 1.82) is 0 Å². The first-order valence-electron chi connectivity index (χ1n) is 9.99. The molecule has 0 aromatic heterocycles. The highest BCUT2D eigenvalue weighted by Crippen LogP contribution is 2.42. The van der Waals surface area contributed by atoms with Gasteiger partial charge in [0.25, 0.3) is 0 Å². The lowest BCUT2D eigenvalue weighted by Crippen LogP contribution is -2.41. The Morgan fingerprint density at radius 3 is 2.28 bits per heavy atom. The molecule has 2 aliphatic rings. The zero-order valence-corrected chi connectivity index (χ0v) is 17.9. The molecule has 0 saturated carbocycles. The summed E-state index contributed by atoms with van der Waals surface area (Å²) in [5.41, 5.74) is 10.0. The molecule has 3 N–H and O–H groups in total. The highest BCUT2D eigenvalue weighted by Gasteiger charge is 2.52. The lowest BCUT2D eigenvalue weighted by atomic mass is 9.73. The fourth-order valence-electron chi connectivity index (χ4n) is 4.12. The summed E-state index contributed by atoms with van der Waals surface area (Å²) in [6.45, 7) is 11.6. The van der Waals surface area contributed by atoms with Crippen molar-refractivity contribution < 1.29 is 19.2 Å². The first-order chi connectivity index (χ1) is 13.3. The Bertz CT molecular complexity index is 1000. The molecule has 1 amide bonds. The number of hydrogen-bond donors (Lipinski definition) is 2. The van der Waals surface area contributed by atoms with Crippen LogP contribution >= 0.6 is 0 Å². The Hall–Kier alpha value is -2.15. The summed E-state index contributed by atoms with van der Waals surface area (Å²) < 4.78 is 12.6. The highest BCUT2D eigenvalue weighted by atomic mass is 16.7. The number of primary amides is 1. The fourth-order valence-corrected chi connectivity index (χ4v) is 4.12. The molecular weight excluding hydrogens is 365 g/mol. The molecule has 5 nitrogen and oxygen atoms in total. The molecule has 0 bridgehead atoms. The lowest BCUT2D eigenvalue weighted by Gasteiger charge is -2.32. The monoisotopic (exact) mass is 393 g/mol. The summed E-state index contributed by atoms with van der Waals surface area (Å²) >= 11 is 0. The van der Waals surface area contributed by atoms with E-state index in [1.165, 1.54) is 0 Å². The topological polar surface area (TPSA) is 81.8 Å². The van der Waals surface area contributed by atoms with E-state index in [0.29, 0.717) is 12.0 Å². The van der Waals surface area contributed by atoms with Crippen LogP contribution in [0.2, 0.25) is 0 Å². The van der Waals surface area contributed by atoms with Crippen LogP contribution in [0.25, 0.3) is 11.1 Å². The summed E-state index contributed by atoms with van der Waals surface area (Å²) in [6, 6.07) is 9.60. The van der Waals surface area contributed by atoms with Crippen LogP contribution in [0.4, 0.5) is 0 Å². The minimum absolute atomic E-state index is 0.447. The SMILES string of the molecule is CC(C)(O)c1ccc2c(c1)Cc1c(C(N)=O)ccc(B3OC(C)(C)C(C)(C)O3)c1-2. The molecule has 0 spiro atoms. The number of amides is 1. The zero-order valence-electron chi connectivity index (χ0n) is 17.9. The van der Waals surface area contributed by atoms with Crippen LogP contribution in [0, 0.1) is 0 Å². The maximum atomic E-state index is 12.1. The van der Waals surface area contributed by atoms with E-state index < -0.39 is 29.8 Å². The number of carbonyl (C=O) groups is 1. The van der Waals surface area contributed by atoms with E-state index in [1.807, 2.05) is 52.0 Å². The predicted octanol–water partition coefficient (Wildman–Crippen LogP) is 2.88. The van der Waals surface area contributed by atoms with E-state index in [0.717, 1.165) is 33.3 Å². The summed E-state index contributed by atoms with van der Waals surface area (Å²) in [4.78, 5) is 12.1. The van der Waals surface area contributed by atoms with Crippen molar-refractivity contribution in [2.75, 3.05) is 0 Å². The van der Waals surface area contributed by atoms with E-state index in [9.17, 15) is 9.90 Å². The van der Waals surface area contributed by atoms with Crippen LogP contribution in [0.5, 0.6) is 0 Å². The number of fused-ring (bicyclic) bond motifs is 3. The van der Waals surface area contributed by atoms with Crippen molar-refractivity contribution in [1.82, 2.24) is 0 Å². The standard InChI is InChI=1S/C23H28BNO4/c1-21(2,27)14-7-8-15-13(11-14)12-17-16(20(25)26)9-10-18(19(15)17)24-28-22(3,4)23(5,6)29-24/h7-11,27H,12H2,1-6H3,(H2,25,26). The lowest BCUT2D eigenvalue weighted by molar-refractivity contribution is 0.00578. The molecule has 1 fully saturated rings. The third-order valence-corrected chi connectivity index (χ3v) is 6.57. The second kappa shape index (κ2) is 6.18. The minimum atomic E-state index is -0.940. The van der Waals surface area contributed by atoms with Crippen LogP contribution in [0.1, 0.15) is 68.6 Å². The number of rotatable bonds is 3. The molecule has 1 aliphatic heterocycles. The molecule has 152 valence electrons. The van der Waals surface area contributed by atoms with Crippen molar-refractivity contribution in [3.05, 3.63) is 52.6 Å². The number of carbonyl (C=O) groups excluding carboxylic acids is 1. The Balaban J connectivity index is 1.88. The average Bonchev–Trinajstić information content (AvgIpc) is 3.06. The van der Waals surface area contributed by atoms with Gasteiger partial charge in [-0.15, -0.1) is 0 Å². The fraction of sp³-hybridized carbons (Fsp3) is 0.435. The van der Waals surface area contributed by atoms with Crippen LogP contribution in [0.15, 0.2) is 30.3 Å². The van der Waals surface area contributed by atoms with E-state index in [2.05, 4.69) is 0 Å².